The summed E-state index contributed by atoms with van der Waals surface area (Å²) in [6.45, 7) is 0. The molecule has 0 atom stereocenters. The maximum atomic E-state index is 6.93. The number of furan rings is 1. The van der Waals surface area contributed by atoms with Gasteiger partial charge in [-0.15, -0.1) is 0 Å². The second-order valence-corrected chi connectivity index (χ2v) is 15.9. The molecule has 0 spiro atoms. The molecule has 6 nitrogen and oxygen atoms in total. The Bertz CT molecular complexity index is 3850. The van der Waals surface area contributed by atoms with E-state index in [1.807, 2.05) is 72.8 Å². The average molecular weight is 806 g/mol. The van der Waals surface area contributed by atoms with Crippen LogP contribution in [-0.4, -0.2) is 24.1 Å². The van der Waals surface area contributed by atoms with Gasteiger partial charge in [-0.25, -0.2) is 15.0 Å². The predicted molar refractivity (Wildman–Crippen MR) is 258 cm³/mol. The topological polar surface area (TPSA) is 61.7 Å². The van der Waals surface area contributed by atoms with Gasteiger partial charge in [0.1, 0.15) is 5.58 Å². The highest BCUT2D eigenvalue weighted by atomic mass is 16.3. The lowest BCUT2D eigenvalue weighted by Gasteiger charge is -2.12. The zero-order chi connectivity index (χ0) is 41.4. The van der Waals surface area contributed by atoms with Crippen LogP contribution in [0.1, 0.15) is 0 Å². The molecule has 0 saturated carbocycles. The van der Waals surface area contributed by atoms with Crippen LogP contribution in [0.25, 0.3) is 122 Å². The van der Waals surface area contributed by atoms with Crippen LogP contribution in [0.2, 0.25) is 0 Å². The minimum atomic E-state index is 0.590. The Balaban J connectivity index is 1.02. The number of aromatic nitrogens is 5. The Morgan fingerprint density at radius 2 is 0.889 bits per heavy atom. The van der Waals surface area contributed by atoms with E-state index in [9.17, 15) is 0 Å². The van der Waals surface area contributed by atoms with Gasteiger partial charge in [0.25, 0.3) is 0 Å². The molecule has 0 bridgehead atoms. The Morgan fingerprint density at radius 1 is 0.349 bits per heavy atom. The summed E-state index contributed by atoms with van der Waals surface area (Å²) >= 11 is 0. The standard InChI is InChI=1S/C57H35N5O/c1-4-17-36(18-5-1)55-58-56(37-19-6-2-7-20-37)60-57(59-55)45-28-16-32-51-52(45)44-27-15-31-50(54(44)63-51)62-48-30-13-11-24-42(48)46-35-38(33-34-49(46)62)40-25-14-26-43-41-23-10-12-29-47(41)61(53(40)43)39-21-8-3-9-22-39/h1-35H. The highest BCUT2D eigenvalue weighted by Crippen LogP contribution is 2.43. The van der Waals surface area contributed by atoms with Crippen molar-refractivity contribution >= 4 is 65.6 Å². The highest BCUT2D eigenvalue weighted by molar-refractivity contribution is 6.18. The van der Waals surface area contributed by atoms with Crippen molar-refractivity contribution in [3.05, 3.63) is 212 Å². The molecule has 0 amide bonds. The molecule has 9 aromatic carbocycles. The Morgan fingerprint density at radius 3 is 1.62 bits per heavy atom. The van der Waals surface area contributed by atoms with E-state index in [1.165, 1.54) is 38.1 Å². The molecular formula is C57H35N5O. The van der Waals surface area contributed by atoms with Crippen LogP contribution in [0.4, 0.5) is 0 Å². The first kappa shape index (κ1) is 35.2. The number of para-hydroxylation sites is 5. The maximum Gasteiger partial charge on any atom is 0.164 e. The number of nitrogens with zero attached hydrogens (tertiary/aromatic N) is 5. The van der Waals surface area contributed by atoms with Gasteiger partial charge < -0.3 is 13.6 Å². The van der Waals surface area contributed by atoms with Gasteiger partial charge in [0.05, 0.1) is 27.8 Å². The van der Waals surface area contributed by atoms with Crippen LogP contribution >= 0.6 is 0 Å². The number of hydrogen-bond acceptors (Lipinski definition) is 4. The lowest BCUT2D eigenvalue weighted by molar-refractivity contribution is 0.666. The molecule has 0 aliphatic rings. The van der Waals surface area contributed by atoms with E-state index in [0.717, 1.165) is 66.6 Å². The zero-order valence-electron chi connectivity index (χ0n) is 33.9. The molecule has 4 heterocycles. The van der Waals surface area contributed by atoms with Gasteiger partial charge >= 0.3 is 0 Å². The summed E-state index contributed by atoms with van der Waals surface area (Å²) in [6, 6.07) is 74.4. The molecule has 294 valence electrons. The fourth-order valence-electron chi connectivity index (χ4n) is 9.62. The van der Waals surface area contributed by atoms with Crippen molar-refractivity contribution in [2.24, 2.45) is 0 Å². The normalized spacial score (nSPS) is 11.8. The predicted octanol–water partition coefficient (Wildman–Crippen LogP) is 14.6. The van der Waals surface area contributed by atoms with Crippen molar-refractivity contribution < 1.29 is 4.42 Å². The summed E-state index contributed by atoms with van der Waals surface area (Å²) in [7, 11) is 0. The largest absolute Gasteiger partial charge is 0.454 e. The van der Waals surface area contributed by atoms with Crippen molar-refractivity contribution in [3.63, 3.8) is 0 Å². The molecule has 0 aliphatic heterocycles. The molecule has 0 N–H and O–H groups in total. The van der Waals surface area contributed by atoms with E-state index < -0.39 is 0 Å². The van der Waals surface area contributed by atoms with E-state index in [4.69, 9.17) is 19.4 Å². The number of fused-ring (bicyclic) bond motifs is 9. The average Bonchev–Trinajstić information content (AvgIpc) is 4.02. The lowest BCUT2D eigenvalue weighted by atomic mass is 10.00. The minimum absolute atomic E-state index is 0.590. The van der Waals surface area contributed by atoms with Crippen molar-refractivity contribution in [2.75, 3.05) is 0 Å². The fourth-order valence-corrected chi connectivity index (χ4v) is 9.62. The number of rotatable bonds is 6. The van der Waals surface area contributed by atoms with Crippen molar-refractivity contribution in [1.82, 2.24) is 24.1 Å². The van der Waals surface area contributed by atoms with E-state index >= 15 is 0 Å². The zero-order valence-corrected chi connectivity index (χ0v) is 33.9. The third-order valence-corrected chi connectivity index (χ3v) is 12.4. The maximum absolute atomic E-state index is 6.93. The molecule has 0 saturated heterocycles. The van der Waals surface area contributed by atoms with Crippen molar-refractivity contribution in [1.29, 1.82) is 0 Å². The molecule has 0 aliphatic carbocycles. The third-order valence-electron chi connectivity index (χ3n) is 12.4. The number of benzene rings is 9. The van der Waals surface area contributed by atoms with Crippen LogP contribution in [0.15, 0.2) is 217 Å². The van der Waals surface area contributed by atoms with Crippen LogP contribution in [0.5, 0.6) is 0 Å². The van der Waals surface area contributed by atoms with Gasteiger partial charge in [-0.2, -0.15) is 0 Å². The summed E-state index contributed by atoms with van der Waals surface area (Å²) in [5.41, 5.74) is 13.3. The molecule has 6 heteroatoms. The summed E-state index contributed by atoms with van der Waals surface area (Å²) in [6.07, 6.45) is 0. The molecule has 13 rings (SSSR count). The smallest absolute Gasteiger partial charge is 0.164 e. The molecule has 4 aromatic heterocycles. The Kier molecular flexibility index (Phi) is 7.80. The van der Waals surface area contributed by atoms with Gasteiger partial charge in [-0.05, 0) is 54.1 Å². The van der Waals surface area contributed by atoms with Gasteiger partial charge in [-0.3, -0.25) is 0 Å². The van der Waals surface area contributed by atoms with Gasteiger partial charge in [-0.1, -0.05) is 164 Å². The third kappa shape index (κ3) is 5.48. The second-order valence-electron chi connectivity index (χ2n) is 15.9. The first-order chi connectivity index (χ1) is 31.3. The van der Waals surface area contributed by atoms with Crippen LogP contribution in [0, 0.1) is 0 Å². The quantitative estimate of drug-likeness (QED) is 0.168. The molecule has 0 fully saturated rings. The summed E-state index contributed by atoms with van der Waals surface area (Å²) < 4.78 is 11.7. The van der Waals surface area contributed by atoms with Gasteiger partial charge in [0.15, 0.2) is 23.1 Å². The van der Waals surface area contributed by atoms with E-state index in [1.54, 1.807) is 0 Å². The SMILES string of the molecule is c1ccc(-c2nc(-c3ccccc3)nc(-c3cccc4oc5c(-n6c7ccccc7c7cc(-c8cccc9c%10ccccc%10n(-c%10ccccc%10)c89)ccc76)cccc5c34)n2)cc1. The van der Waals surface area contributed by atoms with E-state index in [2.05, 4.69) is 149 Å². The van der Waals surface area contributed by atoms with E-state index in [0.29, 0.717) is 17.5 Å². The molecule has 0 unspecified atom stereocenters. The van der Waals surface area contributed by atoms with Crippen LogP contribution in [0.3, 0.4) is 0 Å². The highest BCUT2D eigenvalue weighted by Gasteiger charge is 2.23. The molecule has 63 heavy (non-hydrogen) atoms. The second kappa shape index (κ2) is 14.0. The minimum Gasteiger partial charge on any atom is -0.454 e. The monoisotopic (exact) mass is 805 g/mol. The summed E-state index contributed by atoms with van der Waals surface area (Å²) in [4.78, 5) is 15.2. The first-order valence-corrected chi connectivity index (χ1v) is 21.2. The molecule has 0 radical (unpaired) electrons. The van der Waals surface area contributed by atoms with Crippen molar-refractivity contribution in [3.8, 4) is 56.7 Å². The van der Waals surface area contributed by atoms with Gasteiger partial charge in [0.2, 0.25) is 0 Å². The number of hydrogen-bond donors (Lipinski definition) is 0. The van der Waals surface area contributed by atoms with E-state index in [-0.39, 0.29) is 0 Å². The van der Waals surface area contributed by atoms with Crippen LogP contribution < -0.4 is 0 Å². The Hall–Kier alpha value is -8.61. The first-order valence-electron chi connectivity index (χ1n) is 21.2. The van der Waals surface area contributed by atoms with Gasteiger partial charge in [0, 0.05) is 60.3 Å². The fraction of sp³-hybridized carbons (Fsp3) is 0. The molecule has 13 aromatic rings. The summed E-state index contributed by atoms with van der Waals surface area (Å²) in [5.74, 6) is 1.83. The lowest BCUT2D eigenvalue weighted by Crippen LogP contribution is -2.00. The van der Waals surface area contributed by atoms with Crippen molar-refractivity contribution in [2.45, 2.75) is 0 Å². The van der Waals surface area contributed by atoms with Crippen LogP contribution in [-0.2, 0) is 0 Å². The molecular weight excluding hydrogens is 771 g/mol. The summed E-state index contributed by atoms with van der Waals surface area (Å²) in [5, 5.41) is 6.76. The Labute approximate surface area is 361 Å².